The first-order valence-corrected chi connectivity index (χ1v) is 9.85. The predicted octanol–water partition coefficient (Wildman–Crippen LogP) is 2.15. The number of hydrogen-bond acceptors (Lipinski definition) is 4. The average molecular weight is 362 g/mol. The highest BCUT2D eigenvalue weighted by molar-refractivity contribution is 5.87. The molecule has 26 heavy (non-hydrogen) atoms. The van der Waals surface area contributed by atoms with Crippen molar-refractivity contribution in [2.75, 3.05) is 19.6 Å². The topological polar surface area (TPSA) is 99.2 Å². The summed E-state index contributed by atoms with van der Waals surface area (Å²) in [5.41, 5.74) is 3.77. The molecule has 3 N–H and O–H groups in total. The first-order valence-electron chi connectivity index (χ1n) is 9.85. The molecule has 1 aliphatic heterocycles. The van der Waals surface area contributed by atoms with E-state index in [0.717, 1.165) is 25.6 Å². The van der Waals surface area contributed by atoms with E-state index in [-0.39, 0.29) is 12.3 Å². The van der Waals surface area contributed by atoms with E-state index in [0.29, 0.717) is 12.8 Å². The normalized spacial score (nSPS) is 21.7. The van der Waals surface area contributed by atoms with Gasteiger partial charge in [0.1, 0.15) is 5.54 Å². The zero-order chi connectivity index (χ0) is 19.2. The summed E-state index contributed by atoms with van der Waals surface area (Å²) < 4.78 is 0. The number of nitrogens with two attached hydrogens (primary N) is 1. The van der Waals surface area contributed by atoms with Gasteiger partial charge in [0.15, 0.2) is 0 Å². The molecule has 0 atom stereocenters. The van der Waals surface area contributed by atoms with E-state index in [2.05, 4.69) is 16.3 Å². The Morgan fingerprint density at radius 2 is 1.88 bits per heavy atom. The van der Waals surface area contributed by atoms with Gasteiger partial charge in [-0.25, -0.2) is 0 Å². The fourth-order valence-corrected chi connectivity index (χ4v) is 3.85. The zero-order valence-corrected chi connectivity index (χ0v) is 16.2. The molecule has 0 aromatic carbocycles. The molecule has 2 aliphatic rings. The fraction of sp³-hybridized carbons (Fsp3) is 0.800. The largest absolute Gasteiger partial charge is 0.369 e. The van der Waals surface area contributed by atoms with Crippen molar-refractivity contribution >= 4 is 11.8 Å². The van der Waals surface area contributed by atoms with Crippen molar-refractivity contribution in [3.63, 3.8) is 0 Å². The van der Waals surface area contributed by atoms with Crippen LogP contribution in [0.4, 0.5) is 0 Å². The van der Waals surface area contributed by atoms with Gasteiger partial charge < -0.3 is 16.0 Å². The maximum atomic E-state index is 12.3. The number of rotatable bonds is 7. The van der Waals surface area contributed by atoms with Gasteiger partial charge in [-0.1, -0.05) is 33.1 Å². The quantitative estimate of drug-likeness (QED) is 0.726. The van der Waals surface area contributed by atoms with E-state index in [1.54, 1.807) is 13.8 Å². The summed E-state index contributed by atoms with van der Waals surface area (Å²) in [5.74, 6) is 0.0615. The van der Waals surface area contributed by atoms with Crippen LogP contribution in [0.25, 0.3) is 0 Å². The van der Waals surface area contributed by atoms with Crippen molar-refractivity contribution in [3.8, 4) is 6.07 Å². The molecule has 2 rings (SSSR count). The van der Waals surface area contributed by atoms with Crippen LogP contribution in [0.3, 0.4) is 0 Å². The van der Waals surface area contributed by atoms with Gasteiger partial charge in [-0.05, 0) is 38.0 Å². The Labute approximate surface area is 157 Å². The first kappa shape index (κ1) is 20.7. The third kappa shape index (κ3) is 5.70. The molecule has 1 heterocycles. The number of carbonyl (C=O) groups is 2. The SMILES string of the molecule is CC(C)(C[CH]C(=O)NC1(C#N)CCN(CC2CCCCC2)CC1)C(N)=O. The molecule has 0 bridgehead atoms. The molecule has 6 nitrogen and oxygen atoms in total. The van der Waals surface area contributed by atoms with E-state index in [1.165, 1.54) is 38.5 Å². The molecule has 0 unspecified atom stereocenters. The van der Waals surface area contributed by atoms with Crippen molar-refractivity contribution in [2.45, 2.75) is 70.8 Å². The molecule has 0 aromatic heterocycles. The summed E-state index contributed by atoms with van der Waals surface area (Å²) in [6.07, 6.45) is 9.69. The lowest BCUT2D eigenvalue weighted by Gasteiger charge is -2.39. The van der Waals surface area contributed by atoms with E-state index in [9.17, 15) is 14.9 Å². The Balaban J connectivity index is 1.79. The highest BCUT2D eigenvalue weighted by Gasteiger charge is 2.37. The van der Waals surface area contributed by atoms with Gasteiger partial charge >= 0.3 is 0 Å². The molecule has 0 aromatic rings. The lowest BCUT2D eigenvalue weighted by molar-refractivity contribution is -0.126. The van der Waals surface area contributed by atoms with Crippen molar-refractivity contribution in [2.24, 2.45) is 17.1 Å². The van der Waals surface area contributed by atoms with E-state index >= 15 is 0 Å². The van der Waals surface area contributed by atoms with Crippen LogP contribution in [0.15, 0.2) is 0 Å². The maximum absolute atomic E-state index is 12.3. The molecule has 2 fully saturated rings. The van der Waals surface area contributed by atoms with Crippen molar-refractivity contribution in [3.05, 3.63) is 6.42 Å². The Hall–Kier alpha value is -1.61. The minimum absolute atomic E-state index is 0.267. The van der Waals surface area contributed by atoms with E-state index < -0.39 is 16.9 Å². The van der Waals surface area contributed by atoms with Gasteiger partial charge in [-0.3, -0.25) is 9.59 Å². The average Bonchev–Trinajstić information content (AvgIpc) is 2.63. The van der Waals surface area contributed by atoms with Crippen molar-refractivity contribution in [1.82, 2.24) is 10.2 Å². The minimum Gasteiger partial charge on any atom is -0.369 e. The number of primary amides is 1. The summed E-state index contributed by atoms with van der Waals surface area (Å²) >= 11 is 0. The van der Waals surface area contributed by atoms with Crippen LogP contribution in [-0.4, -0.2) is 41.9 Å². The molecule has 1 saturated heterocycles. The van der Waals surface area contributed by atoms with Crippen molar-refractivity contribution in [1.29, 1.82) is 5.26 Å². The van der Waals surface area contributed by atoms with Gasteiger partial charge in [-0.2, -0.15) is 5.26 Å². The van der Waals surface area contributed by atoms with E-state index in [1.807, 2.05) is 0 Å². The van der Waals surface area contributed by atoms with Crippen LogP contribution in [0.1, 0.15) is 65.2 Å². The summed E-state index contributed by atoms with van der Waals surface area (Å²) in [5, 5.41) is 12.5. The predicted molar refractivity (Wildman–Crippen MR) is 101 cm³/mol. The summed E-state index contributed by atoms with van der Waals surface area (Å²) in [7, 11) is 0. The second kappa shape index (κ2) is 8.85. The minimum atomic E-state index is -0.798. The Morgan fingerprint density at radius 3 is 2.42 bits per heavy atom. The lowest BCUT2D eigenvalue weighted by atomic mass is 9.85. The molecule has 1 aliphatic carbocycles. The number of nitrogens with zero attached hydrogens (tertiary/aromatic N) is 2. The molecule has 1 radical (unpaired) electrons. The Kier molecular flexibility index (Phi) is 7.05. The number of nitrogens with one attached hydrogen (secondary N) is 1. The van der Waals surface area contributed by atoms with Gasteiger partial charge in [0.25, 0.3) is 0 Å². The third-order valence-corrected chi connectivity index (χ3v) is 5.99. The number of hydrogen-bond donors (Lipinski definition) is 2. The van der Waals surface area contributed by atoms with Crippen LogP contribution in [0.2, 0.25) is 0 Å². The molecule has 1 saturated carbocycles. The Bertz CT molecular complexity index is 539. The maximum Gasteiger partial charge on any atom is 0.225 e. The number of carbonyl (C=O) groups excluding carboxylic acids is 2. The summed E-state index contributed by atoms with van der Waals surface area (Å²) in [6.45, 7) is 6.23. The molecular weight excluding hydrogens is 328 g/mol. The molecule has 2 amide bonds. The van der Waals surface area contributed by atoms with Crippen molar-refractivity contribution < 1.29 is 9.59 Å². The van der Waals surface area contributed by atoms with Gasteiger partial charge in [-0.15, -0.1) is 0 Å². The fourth-order valence-electron chi connectivity index (χ4n) is 3.85. The summed E-state index contributed by atoms with van der Waals surface area (Å²) in [6, 6.07) is 2.32. The summed E-state index contributed by atoms with van der Waals surface area (Å²) in [4.78, 5) is 26.1. The second-order valence-electron chi connectivity index (χ2n) is 8.64. The zero-order valence-electron chi connectivity index (χ0n) is 16.2. The number of likely N-dealkylation sites (tertiary alicyclic amines) is 1. The molecule has 6 heteroatoms. The van der Waals surface area contributed by atoms with Crippen LogP contribution >= 0.6 is 0 Å². The van der Waals surface area contributed by atoms with Gasteiger partial charge in [0.2, 0.25) is 11.8 Å². The van der Waals surface area contributed by atoms with Crippen LogP contribution in [0, 0.1) is 29.1 Å². The van der Waals surface area contributed by atoms with Crippen LogP contribution in [0.5, 0.6) is 0 Å². The highest BCUT2D eigenvalue weighted by Crippen LogP contribution is 2.28. The lowest BCUT2D eigenvalue weighted by Crippen LogP contribution is -2.55. The standard InChI is InChI=1S/C20H33N4O2/c1-19(2,18(22)26)9-8-17(25)23-20(15-21)10-12-24(13-11-20)14-16-6-4-3-5-7-16/h8,16H,3-7,9-14H2,1-2H3,(H2,22,26)(H,23,25). The number of nitriles is 1. The first-order chi connectivity index (χ1) is 12.3. The van der Waals surface area contributed by atoms with E-state index in [4.69, 9.17) is 5.73 Å². The Morgan fingerprint density at radius 1 is 1.27 bits per heavy atom. The highest BCUT2D eigenvalue weighted by atomic mass is 16.2. The van der Waals surface area contributed by atoms with Gasteiger partial charge in [0, 0.05) is 25.0 Å². The van der Waals surface area contributed by atoms with Crippen LogP contribution < -0.4 is 11.1 Å². The van der Waals surface area contributed by atoms with Gasteiger partial charge in [0.05, 0.1) is 12.5 Å². The van der Waals surface area contributed by atoms with Crippen LogP contribution in [-0.2, 0) is 9.59 Å². The smallest absolute Gasteiger partial charge is 0.225 e. The second-order valence-corrected chi connectivity index (χ2v) is 8.64. The third-order valence-electron chi connectivity index (χ3n) is 5.99. The number of piperidine rings is 1. The number of amides is 2. The molecule has 0 spiro atoms. The molecule has 145 valence electrons. The molecular formula is C20H33N4O2. The monoisotopic (exact) mass is 361 g/mol.